The van der Waals surface area contributed by atoms with Crippen molar-refractivity contribution in [2.75, 3.05) is 6.61 Å². The number of hydrogen-bond acceptors (Lipinski definition) is 5. The second-order valence-corrected chi connectivity index (χ2v) is 5.51. The van der Waals surface area contributed by atoms with Gasteiger partial charge in [0.25, 0.3) is 0 Å². The van der Waals surface area contributed by atoms with E-state index < -0.39 is 5.97 Å². The van der Waals surface area contributed by atoms with E-state index in [4.69, 9.17) is 4.74 Å². The summed E-state index contributed by atoms with van der Waals surface area (Å²) in [6, 6.07) is 0. The Hall–Kier alpha value is -1.65. The molecule has 0 bridgehead atoms. The van der Waals surface area contributed by atoms with Crippen molar-refractivity contribution in [3.8, 4) is 0 Å². The third-order valence-corrected chi connectivity index (χ3v) is 3.61. The summed E-state index contributed by atoms with van der Waals surface area (Å²) in [5.74, 6) is 0.0102. The largest absolute Gasteiger partial charge is 0.512 e. The molecular weight excluding hydrogens is 268 g/mol. The molecule has 21 heavy (non-hydrogen) atoms. The fourth-order valence-electron chi connectivity index (χ4n) is 2.54. The molecule has 1 N–H and O–H groups in total. The first-order chi connectivity index (χ1) is 10.0. The number of rotatable bonds is 6. The molecule has 1 saturated carbocycles. The van der Waals surface area contributed by atoms with Gasteiger partial charge in [-0.25, -0.2) is 4.79 Å². The van der Waals surface area contributed by atoms with E-state index in [0.29, 0.717) is 5.92 Å². The van der Waals surface area contributed by atoms with E-state index >= 15 is 0 Å². The lowest BCUT2D eigenvalue weighted by atomic mass is 9.86. The number of esters is 1. The number of carbonyl (C=O) groups is 1. The van der Waals surface area contributed by atoms with Gasteiger partial charge in [-0.2, -0.15) is 10.2 Å². The molecule has 1 aliphatic carbocycles. The molecule has 0 amide bonds. The van der Waals surface area contributed by atoms with Crippen LogP contribution in [0.2, 0.25) is 0 Å². The SMILES string of the molecule is CCOC(=O)C(C=NN=C(C)CC1CCCCC1)=C(C)O. The van der Waals surface area contributed by atoms with Crippen molar-refractivity contribution in [1.82, 2.24) is 0 Å². The molecule has 0 atom stereocenters. The van der Waals surface area contributed by atoms with Crippen LogP contribution in [0.25, 0.3) is 0 Å². The summed E-state index contributed by atoms with van der Waals surface area (Å²) in [6.07, 6.45) is 8.70. The van der Waals surface area contributed by atoms with Gasteiger partial charge in [-0.05, 0) is 33.1 Å². The number of ether oxygens (including phenoxy) is 1. The van der Waals surface area contributed by atoms with Crippen LogP contribution in [-0.4, -0.2) is 29.6 Å². The second-order valence-electron chi connectivity index (χ2n) is 5.51. The van der Waals surface area contributed by atoms with Gasteiger partial charge in [0, 0.05) is 5.71 Å². The summed E-state index contributed by atoms with van der Waals surface area (Å²) in [4.78, 5) is 11.6. The van der Waals surface area contributed by atoms with Gasteiger partial charge in [-0.1, -0.05) is 32.1 Å². The van der Waals surface area contributed by atoms with Gasteiger partial charge in [-0.15, -0.1) is 0 Å². The van der Waals surface area contributed by atoms with Crippen LogP contribution in [0.15, 0.2) is 21.5 Å². The predicted molar refractivity (Wildman–Crippen MR) is 84.8 cm³/mol. The minimum atomic E-state index is -0.582. The van der Waals surface area contributed by atoms with Crippen LogP contribution in [0.5, 0.6) is 0 Å². The standard InChI is InChI=1S/C16H26N2O3/c1-4-21-16(20)15(13(3)19)11-17-18-12(2)10-14-8-6-5-7-9-14/h11,14,19H,4-10H2,1-3H3. The molecule has 0 aromatic carbocycles. The first kappa shape index (κ1) is 17.4. The van der Waals surface area contributed by atoms with Crippen molar-refractivity contribution >= 4 is 17.9 Å². The molecular formula is C16H26N2O3. The summed E-state index contributed by atoms with van der Waals surface area (Å²) < 4.78 is 4.85. The number of aliphatic hydroxyl groups excluding tert-OH is 1. The van der Waals surface area contributed by atoms with Crippen molar-refractivity contribution in [1.29, 1.82) is 0 Å². The molecule has 0 aliphatic heterocycles. The Bertz CT molecular complexity index is 429. The van der Waals surface area contributed by atoms with Gasteiger partial charge >= 0.3 is 5.97 Å². The Morgan fingerprint density at radius 1 is 1.29 bits per heavy atom. The number of nitrogens with zero attached hydrogens (tertiary/aromatic N) is 2. The minimum Gasteiger partial charge on any atom is -0.512 e. The average Bonchev–Trinajstić information content (AvgIpc) is 2.44. The highest BCUT2D eigenvalue weighted by Gasteiger charge is 2.14. The zero-order valence-corrected chi connectivity index (χ0v) is 13.3. The van der Waals surface area contributed by atoms with Crippen LogP contribution in [0.4, 0.5) is 0 Å². The van der Waals surface area contributed by atoms with E-state index in [0.717, 1.165) is 12.1 Å². The Morgan fingerprint density at radius 3 is 2.52 bits per heavy atom. The number of hydrogen-bond donors (Lipinski definition) is 1. The molecule has 0 aromatic rings. The fourth-order valence-corrected chi connectivity index (χ4v) is 2.54. The molecule has 0 saturated heterocycles. The van der Waals surface area contributed by atoms with E-state index in [-0.39, 0.29) is 17.9 Å². The molecule has 0 unspecified atom stereocenters. The molecule has 0 aromatic heterocycles. The number of aliphatic hydroxyl groups is 1. The molecule has 1 fully saturated rings. The van der Waals surface area contributed by atoms with Crippen LogP contribution in [-0.2, 0) is 9.53 Å². The Morgan fingerprint density at radius 2 is 1.95 bits per heavy atom. The van der Waals surface area contributed by atoms with Crippen LogP contribution in [0, 0.1) is 5.92 Å². The Labute approximate surface area is 126 Å². The van der Waals surface area contributed by atoms with Gasteiger partial charge in [-0.3, -0.25) is 0 Å². The highest BCUT2D eigenvalue weighted by Crippen LogP contribution is 2.26. The lowest BCUT2D eigenvalue weighted by molar-refractivity contribution is -0.138. The highest BCUT2D eigenvalue weighted by atomic mass is 16.5. The minimum absolute atomic E-state index is 0.0473. The van der Waals surface area contributed by atoms with Crippen molar-refractivity contribution in [3.05, 3.63) is 11.3 Å². The van der Waals surface area contributed by atoms with Crippen molar-refractivity contribution in [3.63, 3.8) is 0 Å². The fraction of sp³-hybridized carbons (Fsp3) is 0.688. The van der Waals surface area contributed by atoms with Crippen LogP contribution >= 0.6 is 0 Å². The zero-order chi connectivity index (χ0) is 15.7. The predicted octanol–water partition coefficient (Wildman–Crippen LogP) is 3.80. The zero-order valence-electron chi connectivity index (χ0n) is 13.3. The summed E-state index contributed by atoms with van der Waals surface area (Å²) in [5, 5.41) is 17.5. The van der Waals surface area contributed by atoms with Gasteiger partial charge in [0.1, 0.15) is 11.3 Å². The van der Waals surface area contributed by atoms with Gasteiger partial charge in [0.05, 0.1) is 12.8 Å². The molecule has 0 radical (unpaired) electrons. The summed E-state index contributed by atoms with van der Waals surface area (Å²) in [6.45, 7) is 5.35. The lowest BCUT2D eigenvalue weighted by Crippen LogP contribution is -2.11. The molecule has 5 heteroatoms. The molecule has 118 valence electrons. The van der Waals surface area contributed by atoms with Crippen molar-refractivity contribution in [2.24, 2.45) is 16.1 Å². The van der Waals surface area contributed by atoms with Crippen LogP contribution in [0.3, 0.4) is 0 Å². The van der Waals surface area contributed by atoms with Crippen LogP contribution < -0.4 is 0 Å². The molecule has 1 aliphatic rings. The maximum absolute atomic E-state index is 11.6. The molecule has 1 rings (SSSR count). The van der Waals surface area contributed by atoms with E-state index in [1.165, 1.54) is 45.2 Å². The van der Waals surface area contributed by atoms with E-state index in [1.54, 1.807) is 6.92 Å². The summed E-state index contributed by atoms with van der Waals surface area (Å²) in [5.41, 5.74) is 1.00. The monoisotopic (exact) mass is 294 g/mol. The first-order valence-corrected chi connectivity index (χ1v) is 7.68. The van der Waals surface area contributed by atoms with Crippen molar-refractivity contribution < 1.29 is 14.6 Å². The van der Waals surface area contributed by atoms with E-state index in [1.807, 2.05) is 6.92 Å². The van der Waals surface area contributed by atoms with E-state index in [2.05, 4.69) is 10.2 Å². The smallest absolute Gasteiger partial charge is 0.343 e. The summed E-state index contributed by atoms with van der Waals surface area (Å²) in [7, 11) is 0. The second kappa shape index (κ2) is 9.32. The van der Waals surface area contributed by atoms with Crippen molar-refractivity contribution in [2.45, 2.75) is 59.3 Å². The topological polar surface area (TPSA) is 71.2 Å². The van der Waals surface area contributed by atoms with E-state index in [9.17, 15) is 9.90 Å². The first-order valence-electron chi connectivity index (χ1n) is 7.68. The normalized spacial score (nSPS) is 18.7. The van der Waals surface area contributed by atoms with Gasteiger partial charge in [0.2, 0.25) is 0 Å². The maximum atomic E-state index is 11.6. The Kier molecular flexibility index (Phi) is 7.72. The van der Waals surface area contributed by atoms with Gasteiger partial charge in [0.15, 0.2) is 0 Å². The maximum Gasteiger partial charge on any atom is 0.343 e. The molecule has 5 nitrogen and oxygen atoms in total. The Balaban J connectivity index is 2.58. The third kappa shape index (κ3) is 6.56. The lowest BCUT2D eigenvalue weighted by Gasteiger charge is -2.20. The molecule has 0 spiro atoms. The summed E-state index contributed by atoms with van der Waals surface area (Å²) >= 11 is 0. The third-order valence-electron chi connectivity index (χ3n) is 3.61. The highest BCUT2D eigenvalue weighted by molar-refractivity contribution is 6.09. The number of allylic oxidation sites excluding steroid dienone is 1. The number of carbonyl (C=O) groups excluding carboxylic acids is 1. The molecule has 0 heterocycles. The quantitative estimate of drug-likeness (QED) is 0.266. The average molecular weight is 294 g/mol. The van der Waals surface area contributed by atoms with Gasteiger partial charge < -0.3 is 9.84 Å². The van der Waals surface area contributed by atoms with Crippen LogP contribution in [0.1, 0.15) is 59.3 Å².